The molecular formula is C15H21ClN2O2. The Morgan fingerprint density at radius 1 is 1.40 bits per heavy atom. The maximum Gasteiger partial charge on any atom is 0.162 e. The van der Waals surface area contributed by atoms with Crippen LogP contribution in [0.15, 0.2) is 18.2 Å². The number of hydrogen-bond donors (Lipinski definition) is 1. The van der Waals surface area contributed by atoms with Crippen LogP contribution in [-0.4, -0.2) is 50.0 Å². The first-order valence-corrected chi connectivity index (χ1v) is 7.47. The van der Waals surface area contributed by atoms with Crippen molar-refractivity contribution in [3.05, 3.63) is 28.8 Å². The minimum absolute atomic E-state index is 0.0965. The average Bonchev–Trinajstić information content (AvgIpc) is 2.49. The summed E-state index contributed by atoms with van der Waals surface area (Å²) in [5.74, 6) is 0.744. The summed E-state index contributed by atoms with van der Waals surface area (Å²) in [4.78, 5) is 13.9. The molecule has 0 spiro atoms. The van der Waals surface area contributed by atoms with E-state index in [-0.39, 0.29) is 5.78 Å². The fraction of sp³-hybridized carbons (Fsp3) is 0.533. The molecule has 20 heavy (non-hydrogen) atoms. The van der Waals surface area contributed by atoms with Gasteiger partial charge in [-0.2, -0.15) is 0 Å². The molecule has 110 valence electrons. The first kappa shape index (κ1) is 15.3. The van der Waals surface area contributed by atoms with Gasteiger partial charge < -0.3 is 10.1 Å². The monoisotopic (exact) mass is 296 g/mol. The van der Waals surface area contributed by atoms with Crippen molar-refractivity contribution in [1.82, 2.24) is 10.2 Å². The Labute approximate surface area is 125 Å². The molecule has 0 aliphatic carbocycles. The molecule has 0 aromatic heterocycles. The minimum atomic E-state index is 0.0965. The van der Waals surface area contributed by atoms with Crippen LogP contribution in [0.1, 0.15) is 23.7 Å². The zero-order valence-electron chi connectivity index (χ0n) is 11.8. The molecule has 1 heterocycles. The van der Waals surface area contributed by atoms with Crippen LogP contribution in [0.25, 0.3) is 0 Å². The summed E-state index contributed by atoms with van der Waals surface area (Å²) in [6, 6.07) is 5.24. The first-order valence-electron chi connectivity index (χ1n) is 7.09. The quantitative estimate of drug-likeness (QED) is 0.817. The number of Topliss-reactive ketones (excluding diaryl/α,β-unsaturated/α-hetero) is 1. The average molecular weight is 297 g/mol. The number of piperazine rings is 1. The van der Waals surface area contributed by atoms with Crippen LogP contribution in [0.4, 0.5) is 0 Å². The van der Waals surface area contributed by atoms with E-state index in [4.69, 9.17) is 16.3 Å². The SMILES string of the molecule is CCC(=O)c1ccc(OCCN2CCNCC2)c(Cl)c1. The number of carbonyl (C=O) groups excluding carboxylic acids is 1. The summed E-state index contributed by atoms with van der Waals surface area (Å²) >= 11 is 6.15. The van der Waals surface area contributed by atoms with Crippen molar-refractivity contribution in [1.29, 1.82) is 0 Å². The molecule has 0 saturated carbocycles. The van der Waals surface area contributed by atoms with Crippen LogP contribution < -0.4 is 10.1 Å². The number of hydrogen-bond acceptors (Lipinski definition) is 4. The fourth-order valence-electron chi connectivity index (χ4n) is 2.21. The lowest BCUT2D eigenvalue weighted by molar-refractivity contribution is 0.0988. The van der Waals surface area contributed by atoms with Gasteiger partial charge in [-0.3, -0.25) is 9.69 Å². The highest BCUT2D eigenvalue weighted by Crippen LogP contribution is 2.26. The summed E-state index contributed by atoms with van der Waals surface area (Å²) in [6.45, 7) is 7.54. The molecule has 1 aliphatic rings. The molecule has 0 bridgehead atoms. The van der Waals surface area contributed by atoms with E-state index in [2.05, 4.69) is 10.2 Å². The van der Waals surface area contributed by atoms with E-state index >= 15 is 0 Å². The van der Waals surface area contributed by atoms with Crippen molar-refractivity contribution in [2.75, 3.05) is 39.3 Å². The molecule has 1 aromatic rings. The largest absolute Gasteiger partial charge is 0.491 e. The Morgan fingerprint density at radius 2 is 2.15 bits per heavy atom. The topological polar surface area (TPSA) is 41.6 Å². The number of ether oxygens (including phenoxy) is 1. The Bertz CT molecular complexity index is 459. The molecule has 1 aromatic carbocycles. The van der Waals surface area contributed by atoms with E-state index in [1.165, 1.54) is 0 Å². The third kappa shape index (κ3) is 4.20. The van der Waals surface area contributed by atoms with Gasteiger partial charge in [0, 0.05) is 44.7 Å². The molecule has 4 nitrogen and oxygen atoms in total. The molecule has 1 aliphatic heterocycles. The van der Waals surface area contributed by atoms with E-state index in [9.17, 15) is 4.79 Å². The number of carbonyl (C=O) groups is 1. The van der Waals surface area contributed by atoms with Gasteiger partial charge in [0.25, 0.3) is 0 Å². The van der Waals surface area contributed by atoms with Crippen molar-refractivity contribution >= 4 is 17.4 Å². The van der Waals surface area contributed by atoms with Crippen molar-refractivity contribution in [2.45, 2.75) is 13.3 Å². The number of nitrogens with zero attached hydrogens (tertiary/aromatic N) is 1. The Kier molecular flexibility index (Phi) is 5.83. The smallest absolute Gasteiger partial charge is 0.162 e. The number of nitrogens with one attached hydrogen (secondary N) is 1. The van der Waals surface area contributed by atoms with Gasteiger partial charge in [-0.25, -0.2) is 0 Å². The van der Waals surface area contributed by atoms with E-state index in [0.717, 1.165) is 32.7 Å². The van der Waals surface area contributed by atoms with Gasteiger partial charge in [-0.05, 0) is 18.2 Å². The van der Waals surface area contributed by atoms with Crippen molar-refractivity contribution in [3.63, 3.8) is 0 Å². The normalized spacial score (nSPS) is 16.1. The lowest BCUT2D eigenvalue weighted by Crippen LogP contribution is -2.44. The fourth-order valence-corrected chi connectivity index (χ4v) is 2.45. The predicted octanol–water partition coefficient (Wildman–Crippen LogP) is 2.22. The molecular weight excluding hydrogens is 276 g/mol. The Morgan fingerprint density at radius 3 is 2.80 bits per heavy atom. The molecule has 0 atom stereocenters. The molecule has 2 rings (SSSR count). The van der Waals surface area contributed by atoms with Gasteiger partial charge in [0.15, 0.2) is 5.78 Å². The van der Waals surface area contributed by atoms with Crippen LogP contribution >= 0.6 is 11.6 Å². The summed E-state index contributed by atoms with van der Waals surface area (Å²) in [5.41, 5.74) is 0.645. The van der Waals surface area contributed by atoms with Gasteiger partial charge in [-0.1, -0.05) is 18.5 Å². The zero-order chi connectivity index (χ0) is 14.4. The molecule has 1 fully saturated rings. The van der Waals surface area contributed by atoms with Gasteiger partial charge in [0.05, 0.1) is 5.02 Å². The highest BCUT2D eigenvalue weighted by atomic mass is 35.5. The standard InChI is InChI=1S/C15H21ClN2O2/c1-2-14(19)12-3-4-15(13(16)11-12)20-10-9-18-7-5-17-6-8-18/h3-4,11,17H,2,5-10H2,1H3. The first-order chi connectivity index (χ1) is 9.70. The molecule has 0 amide bonds. The number of rotatable bonds is 6. The van der Waals surface area contributed by atoms with Gasteiger partial charge in [0.2, 0.25) is 0 Å². The predicted molar refractivity (Wildman–Crippen MR) is 80.9 cm³/mol. The van der Waals surface area contributed by atoms with Crippen LogP contribution in [0.5, 0.6) is 5.75 Å². The number of benzene rings is 1. The molecule has 0 radical (unpaired) electrons. The lowest BCUT2D eigenvalue weighted by atomic mass is 10.1. The Balaban J connectivity index is 1.84. The minimum Gasteiger partial charge on any atom is -0.491 e. The molecule has 1 N–H and O–H groups in total. The van der Waals surface area contributed by atoms with E-state index in [1.807, 2.05) is 6.92 Å². The van der Waals surface area contributed by atoms with Gasteiger partial charge >= 0.3 is 0 Å². The van der Waals surface area contributed by atoms with E-state index in [0.29, 0.717) is 29.4 Å². The summed E-state index contributed by atoms with van der Waals surface area (Å²) in [6.07, 6.45) is 0.486. The highest BCUT2D eigenvalue weighted by molar-refractivity contribution is 6.32. The van der Waals surface area contributed by atoms with Crippen molar-refractivity contribution in [2.24, 2.45) is 0 Å². The van der Waals surface area contributed by atoms with Crippen molar-refractivity contribution < 1.29 is 9.53 Å². The van der Waals surface area contributed by atoms with Gasteiger partial charge in [0.1, 0.15) is 12.4 Å². The third-order valence-corrected chi connectivity index (χ3v) is 3.75. The number of ketones is 1. The van der Waals surface area contributed by atoms with Crippen LogP contribution in [-0.2, 0) is 0 Å². The lowest BCUT2D eigenvalue weighted by Gasteiger charge is -2.27. The molecule has 5 heteroatoms. The zero-order valence-corrected chi connectivity index (χ0v) is 12.6. The van der Waals surface area contributed by atoms with Crippen molar-refractivity contribution in [3.8, 4) is 5.75 Å². The molecule has 1 saturated heterocycles. The van der Waals surface area contributed by atoms with Crippen LogP contribution in [0.3, 0.4) is 0 Å². The van der Waals surface area contributed by atoms with E-state index in [1.54, 1.807) is 18.2 Å². The summed E-state index contributed by atoms with van der Waals surface area (Å²) < 4.78 is 5.70. The second kappa shape index (κ2) is 7.62. The third-order valence-electron chi connectivity index (χ3n) is 3.45. The summed E-state index contributed by atoms with van der Waals surface area (Å²) in [7, 11) is 0. The molecule has 0 unspecified atom stereocenters. The highest BCUT2D eigenvalue weighted by Gasteiger charge is 2.11. The van der Waals surface area contributed by atoms with Crippen LogP contribution in [0, 0.1) is 0 Å². The van der Waals surface area contributed by atoms with Gasteiger partial charge in [-0.15, -0.1) is 0 Å². The maximum absolute atomic E-state index is 11.6. The Hall–Kier alpha value is -1.10. The van der Waals surface area contributed by atoms with Crippen LogP contribution in [0.2, 0.25) is 5.02 Å². The second-order valence-electron chi connectivity index (χ2n) is 4.86. The summed E-state index contributed by atoms with van der Waals surface area (Å²) in [5, 5.41) is 3.82. The number of halogens is 1. The maximum atomic E-state index is 11.6. The van der Waals surface area contributed by atoms with E-state index < -0.39 is 0 Å². The second-order valence-corrected chi connectivity index (χ2v) is 5.27.